The van der Waals surface area contributed by atoms with Gasteiger partial charge in [-0.05, 0) is 24.3 Å². The van der Waals surface area contributed by atoms with E-state index in [-0.39, 0.29) is 5.91 Å². The second kappa shape index (κ2) is 5.13. The first-order chi connectivity index (χ1) is 9.75. The zero-order valence-corrected chi connectivity index (χ0v) is 11.1. The van der Waals surface area contributed by atoms with Crippen molar-refractivity contribution in [2.75, 3.05) is 0 Å². The van der Waals surface area contributed by atoms with Gasteiger partial charge in [-0.3, -0.25) is 9.78 Å². The Bertz CT molecular complexity index is 749. The molecule has 5 heteroatoms. The fraction of sp³-hybridized carbons (Fsp3) is 0.133. The van der Waals surface area contributed by atoms with Gasteiger partial charge in [-0.1, -0.05) is 18.2 Å². The fourth-order valence-corrected chi connectivity index (χ4v) is 2.10. The van der Waals surface area contributed by atoms with E-state index in [0.717, 1.165) is 16.7 Å². The topological polar surface area (TPSA) is 59.8 Å². The molecule has 0 spiro atoms. The number of nitrogens with zero attached hydrogens (tertiary/aromatic N) is 3. The van der Waals surface area contributed by atoms with Crippen LogP contribution in [0.5, 0.6) is 0 Å². The monoisotopic (exact) mass is 266 g/mol. The Morgan fingerprint density at radius 1 is 1.20 bits per heavy atom. The summed E-state index contributed by atoms with van der Waals surface area (Å²) in [6, 6.07) is 13.3. The van der Waals surface area contributed by atoms with Crippen LogP contribution in [-0.2, 0) is 13.6 Å². The molecule has 0 unspecified atom stereocenters. The summed E-state index contributed by atoms with van der Waals surface area (Å²) < 4.78 is 1.79. The first-order valence-corrected chi connectivity index (χ1v) is 6.35. The summed E-state index contributed by atoms with van der Waals surface area (Å²) in [5, 5.41) is 2.83. The van der Waals surface area contributed by atoms with Gasteiger partial charge >= 0.3 is 0 Å². The third kappa shape index (κ3) is 2.25. The number of fused-ring (bicyclic) bond motifs is 1. The summed E-state index contributed by atoms with van der Waals surface area (Å²) in [5.74, 6) is 0.205. The summed E-state index contributed by atoms with van der Waals surface area (Å²) in [7, 11) is 1.84. The van der Waals surface area contributed by atoms with Crippen molar-refractivity contribution < 1.29 is 4.79 Å². The molecule has 1 amide bonds. The number of imidazole rings is 1. The lowest BCUT2D eigenvalue weighted by atomic mass is 10.3. The number of hydrogen-bond donors (Lipinski definition) is 1. The fourth-order valence-electron chi connectivity index (χ4n) is 2.10. The first kappa shape index (κ1) is 12.3. The van der Waals surface area contributed by atoms with Crippen molar-refractivity contribution in [3.05, 3.63) is 60.2 Å². The van der Waals surface area contributed by atoms with E-state index in [0.29, 0.717) is 12.4 Å². The number of rotatable bonds is 3. The minimum Gasteiger partial charge on any atom is -0.344 e. The van der Waals surface area contributed by atoms with Crippen LogP contribution < -0.4 is 5.32 Å². The number of pyridine rings is 1. The number of carbonyl (C=O) groups is 1. The summed E-state index contributed by atoms with van der Waals surface area (Å²) >= 11 is 0. The van der Waals surface area contributed by atoms with Crippen LogP contribution in [0.1, 0.15) is 16.3 Å². The van der Waals surface area contributed by atoms with Gasteiger partial charge in [-0.2, -0.15) is 0 Å². The normalized spacial score (nSPS) is 10.7. The van der Waals surface area contributed by atoms with E-state index in [1.165, 1.54) is 0 Å². The second-order valence-corrected chi connectivity index (χ2v) is 4.49. The molecule has 0 radical (unpaired) electrons. The average molecular weight is 266 g/mol. The van der Waals surface area contributed by atoms with E-state index in [4.69, 9.17) is 0 Å². The second-order valence-electron chi connectivity index (χ2n) is 4.49. The molecule has 3 aromatic rings. The van der Waals surface area contributed by atoms with Gasteiger partial charge < -0.3 is 9.88 Å². The molecule has 2 aromatic heterocycles. The van der Waals surface area contributed by atoms with Crippen LogP contribution in [0.15, 0.2) is 48.7 Å². The summed E-state index contributed by atoms with van der Waals surface area (Å²) in [5.41, 5.74) is 2.58. The van der Waals surface area contributed by atoms with E-state index < -0.39 is 0 Å². The third-order valence-corrected chi connectivity index (χ3v) is 3.15. The molecule has 5 nitrogen and oxygen atoms in total. The smallest absolute Gasteiger partial charge is 0.287 e. The van der Waals surface area contributed by atoms with Crippen molar-refractivity contribution in [3.63, 3.8) is 0 Å². The maximum absolute atomic E-state index is 12.2. The van der Waals surface area contributed by atoms with Crippen molar-refractivity contribution in [2.24, 2.45) is 7.05 Å². The molecule has 0 saturated carbocycles. The molecule has 0 atom stereocenters. The Hall–Kier alpha value is -2.69. The Labute approximate surface area is 116 Å². The maximum Gasteiger partial charge on any atom is 0.287 e. The van der Waals surface area contributed by atoms with Crippen LogP contribution in [0.3, 0.4) is 0 Å². The Morgan fingerprint density at radius 3 is 2.75 bits per heavy atom. The van der Waals surface area contributed by atoms with Gasteiger partial charge in [-0.25, -0.2) is 4.98 Å². The molecule has 3 rings (SSSR count). The number of para-hydroxylation sites is 2. The lowest BCUT2D eigenvalue weighted by Gasteiger charge is -2.04. The minimum atomic E-state index is -0.200. The van der Waals surface area contributed by atoms with Crippen LogP contribution in [0.2, 0.25) is 0 Å². The van der Waals surface area contributed by atoms with E-state index in [1.807, 2.05) is 49.5 Å². The predicted octanol–water partition coefficient (Wildman–Crippen LogP) is 1.90. The van der Waals surface area contributed by atoms with Gasteiger partial charge in [0, 0.05) is 13.2 Å². The van der Waals surface area contributed by atoms with Crippen LogP contribution >= 0.6 is 0 Å². The molecule has 100 valence electrons. The van der Waals surface area contributed by atoms with Crippen molar-refractivity contribution in [2.45, 2.75) is 6.54 Å². The van der Waals surface area contributed by atoms with Crippen LogP contribution in [0.4, 0.5) is 0 Å². The molecule has 0 aliphatic rings. The molecule has 1 aromatic carbocycles. The lowest BCUT2D eigenvalue weighted by molar-refractivity contribution is 0.0937. The number of carbonyl (C=O) groups excluding carboxylic acids is 1. The predicted molar refractivity (Wildman–Crippen MR) is 76.1 cm³/mol. The number of amides is 1. The number of aromatic nitrogens is 3. The van der Waals surface area contributed by atoms with Crippen LogP contribution in [-0.4, -0.2) is 20.4 Å². The number of aryl methyl sites for hydroxylation is 1. The van der Waals surface area contributed by atoms with Gasteiger partial charge in [0.25, 0.3) is 5.91 Å². The number of benzene rings is 1. The van der Waals surface area contributed by atoms with Crippen LogP contribution in [0.25, 0.3) is 11.0 Å². The molecule has 0 fully saturated rings. The Morgan fingerprint density at radius 2 is 2.00 bits per heavy atom. The summed E-state index contributed by atoms with van der Waals surface area (Å²) in [6.07, 6.45) is 1.70. The largest absolute Gasteiger partial charge is 0.344 e. The zero-order valence-electron chi connectivity index (χ0n) is 11.1. The first-order valence-electron chi connectivity index (χ1n) is 6.35. The summed E-state index contributed by atoms with van der Waals surface area (Å²) in [6.45, 7) is 0.392. The molecule has 0 bridgehead atoms. The van der Waals surface area contributed by atoms with E-state index in [2.05, 4.69) is 15.3 Å². The maximum atomic E-state index is 12.2. The van der Waals surface area contributed by atoms with E-state index in [9.17, 15) is 4.79 Å². The van der Waals surface area contributed by atoms with Gasteiger partial charge in [-0.15, -0.1) is 0 Å². The quantitative estimate of drug-likeness (QED) is 0.787. The minimum absolute atomic E-state index is 0.200. The van der Waals surface area contributed by atoms with Crippen molar-refractivity contribution >= 4 is 16.9 Å². The molecule has 0 saturated heterocycles. The average Bonchev–Trinajstić information content (AvgIpc) is 2.84. The van der Waals surface area contributed by atoms with Crippen molar-refractivity contribution in [1.29, 1.82) is 0 Å². The van der Waals surface area contributed by atoms with Crippen molar-refractivity contribution in [1.82, 2.24) is 19.9 Å². The van der Waals surface area contributed by atoms with E-state index >= 15 is 0 Å². The molecule has 2 heterocycles. The molecule has 20 heavy (non-hydrogen) atoms. The highest BCUT2D eigenvalue weighted by molar-refractivity contribution is 5.94. The van der Waals surface area contributed by atoms with Crippen LogP contribution in [0, 0.1) is 0 Å². The van der Waals surface area contributed by atoms with Gasteiger partial charge in [0.1, 0.15) is 0 Å². The Balaban J connectivity index is 1.81. The highest BCUT2D eigenvalue weighted by atomic mass is 16.2. The standard InChI is InChI=1S/C15H14N4O/c1-19-13-8-3-2-7-12(13)18-14(19)15(20)17-10-11-6-4-5-9-16-11/h2-9H,10H2,1H3,(H,17,20). The molecule has 0 aliphatic heterocycles. The van der Waals surface area contributed by atoms with Gasteiger partial charge in [0.2, 0.25) is 0 Å². The zero-order chi connectivity index (χ0) is 13.9. The van der Waals surface area contributed by atoms with Gasteiger partial charge in [0.15, 0.2) is 5.82 Å². The lowest BCUT2D eigenvalue weighted by Crippen LogP contribution is -2.26. The molecule has 0 aliphatic carbocycles. The highest BCUT2D eigenvalue weighted by Gasteiger charge is 2.14. The third-order valence-electron chi connectivity index (χ3n) is 3.15. The highest BCUT2D eigenvalue weighted by Crippen LogP contribution is 2.14. The number of hydrogen-bond acceptors (Lipinski definition) is 3. The summed E-state index contributed by atoms with van der Waals surface area (Å²) in [4.78, 5) is 20.7. The SMILES string of the molecule is Cn1c(C(=O)NCc2ccccn2)nc2ccccc21. The molecule has 1 N–H and O–H groups in total. The van der Waals surface area contributed by atoms with Gasteiger partial charge in [0.05, 0.1) is 23.3 Å². The Kier molecular flexibility index (Phi) is 3.16. The van der Waals surface area contributed by atoms with Crippen molar-refractivity contribution in [3.8, 4) is 0 Å². The number of nitrogens with one attached hydrogen (secondary N) is 1. The molecular formula is C15H14N4O. The molecular weight excluding hydrogens is 252 g/mol. The van der Waals surface area contributed by atoms with E-state index in [1.54, 1.807) is 10.8 Å².